The summed E-state index contributed by atoms with van der Waals surface area (Å²) in [6.45, 7) is 2.21. The summed E-state index contributed by atoms with van der Waals surface area (Å²) in [5.41, 5.74) is 8.06. The van der Waals surface area contributed by atoms with Gasteiger partial charge in [-0.25, -0.2) is 0 Å². The number of hydrogen-bond acceptors (Lipinski definition) is 3. The van der Waals surface area contributed by atoms with Crippen LogP contribution in [0.5, 0.6) is 0 Å². The molecule has 2 rings (SSSR count). The van der Waals surface area contributed by atoms with E-state index in [-0.39, 0.29) is 11.6 Å². The molecule has 0 saturated carbocycles. The van der Waals surface area contributed by atoms with Crippen LogP contribution in [0.2, 0.25) is 0 Å². The fraction of sp³-hybridized carbons (Fsp3) is 0.167. The standard InChI is InChI=1S/C12H13BrN4O/c1-7-10(14)11(17-16-7)12(18)15-6-8-3-2-4-9(13)5-8/h2-5H,6,14H2,1H3,(H,15,18)(H,16,17). The van der Waals surface area contributed by atoms with Crippen LogP contribution in [0.3, 0.4) is 0 Å². The number of halogens is 1. The van der Waals surface area contributed by atoms with Crippen LogP contribution in [-0.2, 0) is 6.54 Å². The van der Waals surface area contributed by atoms with Crippen LogP contribution in [0.25, 0.3) is 0 Å². The summed E-state index contributed by atoms with van der Waals surface area (Å²) in [4.78, 5) is 11.9. The quantitative estimate of drug-likeness (QED) is 0.811. The van der Waals surface area contributed by atoms with Crippen molar-refractivity contribution in [3.05, 3.63) is 45.7 Å². The number of carbonyl (C=O) groups is 1. The first-order chi connectivity index (χ1) is 8.58. The van der Waals surface area contributed by atoms with Gasteiger partial charge in [0.1, 0.15) is 0 Å². The molecule has 0 fully saturated rings. The molecule has 4 N–H and O–H groups in total. The van der Waals surface area contributed by atoms with Gasteiger partial charge >= 0.3 is 0 Å². The van der Waals surface area contributed by atoms with E-state index in [1.165, 1.54) is 0 Å². The molecule has 0 bridgehead atoms. The highest BCUT2D eigenvalue weighted by Gasteiger charge is 2.14. The molecule has 1 aromatic carbocycles. The Morgan fingerprint density at radius 3 is 2.94 bits per heavy atom. The van der Waals surface area contributed by atoms with Crippen LogP contribution in [0.1, 0.15) is 21.7 Å². The molecule has 0 aliphatic heterocycles. The highest BCUT2D eigenvalue weighted by atomic mass is 79.9. The molecule has 0 unspecified atom stereocenters. The van der Waals surface area contributed by atoms with Gasteiger partial charge in [-0.05, 0) is 24.6 Å². The van der Waals surface area contributed by atoms with Crippen molar-refractivity contribution in [3.63, 3.8) is 0 Å². The molecular formula is C12H13BrN4O. The summed E-state index contributed by atoms with van der Waals surface area (Å²) in [6.07, 6.45) is 0. The monoisotopic (exact) mass is 308 g/mol. The lowest BCUT2D eigenvalue weighted by molar-refractivity contribution is 0.0947. The first-order valence-electron chi connectivity index (χ1n) is 5.41. The van der Waals surface area contributed by atoms with E-state index in [0.29, 0.717) is 17.9 Å². The molecule has 0 spiro atoms. The minimum atomic E-state index is -0.281. The molecule has 1 amide bonds. The minimum Gasteiger partial charge on any atom is -0.395 e. The average Bonchev–Trinajstić information content (AvgIpc) is 2.67. The van der Waals surface area contributed by atoms with E-state index >= 15 is 0 Å². The molecule has 0 aliphatic rings. The van der Waals surface area contributed by atoms with Gasteiger partial charge in [0, 0.05) is 11.0 Å². The second kappa shape index (κ2) is 5.22. The van der Waals surface area contributed by atoms with E-state index in [1.54, 1.807) is 6.92 Å². The summed E-state index contributed by atoms with van der Waals surface area (Å²) >= 11 is 3.38. The lowest BCUT2D eigenvalue weighted by Crippen LogP contribution is -2.24. The number of aryl methyl sites for hydroxylation is 1. The third-order valence-corrected chi connectivity index (χ3v) is 3.04. The van der Waals surface area contributed by atoms with Crippen LogP contribution >= 0.6 is 15.9 Å². The Kier molecular flexibility index (Phi) is 3.66. The number of amides is 1. The lowest BCUT2D eigenvalue weighted by Gasteiger charge is -2.04. The van der Waals surface area contributed by atoms with Gasteiger partial charge in [-0.15, -0.1) is 0 Å². The fourth-order valence-corrected chi connectivity index (χ4v) is 1.97. The topological polar surface area (TPSA) is 83.8 Å². The zero-order valence-electron chi connectivity index (χ0n) is 9.83. The Morgan fingerprint density at radius 2 is 2.33 bits per heavy atom. The Bertz CT molecular complexity index is 579. The smallest absolute Gasteiger partial charge is 0.274 e. The van der Waals surface area contributed by atoms with Crippen LogP contribution in [0.4, 0.5) is 5.69 Å². The maximum Gasteiger partial charge on any atom is 0.274 e. The van der Waals surface area contributed by atoms with Crippen molar-refractivity contribution in [3.8, 4) is 0 Å². The number of aromatic nitrogens is 2. The van der Waals surface area contributed by atoms with Gasteiger partial charge in [-0.1, -0.05) is 28.1 Å². The van der Waals surface area contributed by atoms with Crippen LogP contribution in [-0.4, -0.2) is 16.1 Å². The van der Waals surface area contributed by atoms with Gasteiger partial charge in [0.2, 0.25) is 0 Å². The Balaban J connectivity index is 2.03. The maximum atomic E-state index is 11.9. The van der Waals surface area contributed by atoms with Crippen molar-refractivity contribution in [1.82, 2.24) is 15.5 Å². The Morgan fingerprint density at radius 1 is 1.56 bits per heavy atom. The van der Waals surface area contributed by atoms with Gasteiger partial charge in [-0.2, -0.15) is 5.10 Å². The van der Waals surface area contributed by atoms with E-state index in [9.17, 15) is 4.79 Å². The van der Waals surface area contributed by atoms with Gasteiger partial charge < -0.3 is 11.1 Å². The average molecular weight is 309 g/mol. The second-order valence-electron chi connectivity index (χ2n) is 3.92. The number of aromatic amines is 1. The van der Waals surface area contributed by atoms with Gasteiger partial charge in [-0.3, -0.25) is 9.89 Å². The molecule has 94 valence electrons. The van der Waals surface area contributed by atoms with Crippen LogP contribution in [0.15, 0.2) is 28.7 Å². The number of H-pyrrole nitrogens is 1. The number of nitrogens with two attached hydrogens (primary N) is 1. The highest BCUT2D eigenvalue weighted by molar-refractivity contribution is 9.10. The highest BCUT2D eigenvalue weighted by Crippen LogP contribution is 2.13. The first kappa shape index (κ1) is 12.6. The fourth-order valence-electron chi connectivity index (χ4n) is 1.52. The zero-order valence-corrected chi connectivity index (χ0v) is 11.4. The number of nitrogens with one attached hydrogen (secondary N) is 2. The molecule has 1 aromatic heterocycles. The summed E-state index contributed by atoms with van der Waals surface area (Å²) in [7, 11) is 0. The van der Waals surface area contributed by atoms with Crippen LogP contribution in [0, 0.1) is 6.92 Å². The summed E-state index contributed by atoms with van der Waals surface area (Å²) in [5, 5.41) is 9.33. The molecule has 0 saturated heterocycles. The van der Waals surface area contributed by atoms with Crippen molar-refractivity contribution in [2.75, 3.05) is 5.73 Å². The predicted molar refractivity (Wildman–Crippen MR) is 73.0 cm³/mol. The number of nitrogens with zero attached hydrogens (tertiary/aromatic N) is 1. The number of anilines is 1. The first-order valence-corrected chi connectivity index (χ1v) is 6.20. The number of carbonyl (C=O) groups excluding carboxylic acids is 1. The molecular weight excluding hydrogens is 296 g/mol. The van der Waals surface area contributed by atoms with E-state index < -0.39 is 0 Å². The van der Waals surface area contributed by atoms with E-state index in [1.807, 2.05) is 24.3 Å². The Labute approximate surface area is 113 Å². The second-order valence-corrected chi connectivity index (χ2v) is 4.84. The number of hydrogen-bond donors (Lipinski definition) is 3. The number of nitrogen functional groups attached to an aromatic ring is 1. The zero-order chi connectivity index (χ0) is 13.1. The minimum absolute atomic E-state index is 0.238. The van der Waals surface area contributed by atoms with E-state index in [0.717, 1.165) is 10.0 Å². The summed E-state index contributed by atoms with van der Waals surface area (Å²) in [6, 6.07) is 7.72. The predicted octanol–water partition coefficient (Wildman–Crippen LogP) is 1.99. The van der Waals surface area contributed by atoms with Crippen molar-refractivity contribution in [2.45, 2.75) is 13.5 Å². The maximum absolute atomic E-state index is 11.9. The van der Waals surface area contributed by atoms with Crippen molar-refractivity contribution in [1.29, 1.82) is 0 Å². The van der Waals surface area contributed by atoms with E-state index in [2.05, 4.69) is 31.4 Å². The lowest BCUT2D eigenvalue weighted by atomic mass is 10.2. The number of benzene rings is 1. The summed E-state index contributed by atoms with van der Waals surface area (Å²) < 4.78 is 0.976. The van der Waals surface area contributed by atoms with Gasteiger partial charge in [0.05, 0.1) is 11.4 Å². The molecule has 18 heavy (non-hydrogen) atoms. The molecule has 1 heterocycles. The molecule has 5 nitrogen and oxygen atoms in total. The molecule has 0 atom stereocenters. The largest absolute Gasteiger partial charge is 0.395 e. The van der Waals surface area contributed by atoms with Crippen molar-refractivity contribution < 1.29 is 4.79 Å². The molecule has 6 heteroatoms. The molecule has 0 radical (unpaired) electrons. The number of rotatable bonds is 3. The van der Waals surface area contributed by atoms with Crippen molar-refractivity contribution in [2.24, 2.45) is 0 Å². The normalized spacial score (nSPS) is 10.3. The Hall–Kier alpha value is -1.82. The van der Waals surface area contributed by atoms with Gasteiger partial charge in [0.15, 0.2) is 5.69 Å². The SMILES string of the molecule is Cc1[nH]nc(C(=O)NCc2cccc(Br)c2)c1N. The van der Waals surface area contributed by atoms with Crippen LogP contribution < -0.4 is 11.1 Å². The third kappa shape index (κ3) is 2.70. The van der Waals surface area contributed by atoms with E-state index in [4.69, 9.17) is 5.73 Å². The third-order valence-electron chi connectivity index (χ3n) is 2.55. The van der Waals surface area contributed by atoms with Gasteiger partial charge in [0.25, 0.3) is 5.91 Å². The van der Waals surface area contributed by atoms with Crippen molar-refractivity contribution >= 4 is 27.5 Å². The summed E-state index contributed by atoms with van der Waals surface area (Å²) in [5.74, 6) is -0.281. The molecule has 0 aliphatic carbocycles. The molecule has 2 aromatic rings.